The van der Waals surface area contributed by atoms with Crippen LogP contribution in [-0.4, -0.2) is 182 Å². The first-order valence-electron chi connectivity index (χ1n) is 20.6. The highest BCUT2D eigenvalue weighted by Crippen LogP contribution is 2.28. The fourth-order valence-corrected chi connectivity index (χ4v) is 5.49. The van der Waals surface area contributed by atoms with Crippen molar-refractivity contribution in [3.05, 3.63) is 58.2 Å². The molecule has 0 aliphatic carbocycles. The van der Waals surface area contributed by atoms with E-state index in [1.807, 2.05) is 0 Å². The van der Waals surface area contributed by atoms with Crippen molar-refractivity contribution >= 4 is 35.9 Å². The van der Waals surface area contributed by atoms with Crippen LogP contribution in [0.2, 0.25) is 0 Å². The van der Waals surface area contributed by atoms with Gasteiger partial charge < -0.3 is 72.2 Å². The summed E-state index contributed by atoms with van der Waals surface area (Å²) < 4.78 is 148. The first kappa shape index (κ1) is 64.5. The number of amides is 2. The van der Waals surface area contributed by atoms with Crippen LogP contribution >= 0.6 is 11.8 Å². The maximum atomic E-state index is 14.2. The van der Waals surface area contributed by atoms with E-state index < -0.39 is 89.2 Å². The molecule has 69 heavy (non-hydrogen) atoms. The molecule has 0 saturated heterocycles. The van der Waals surface area contributed by atoms with Crippen LogP contribution in [0.15, 0.2) is 12.1 Å². The predicted octanol–water partition coefficient (Wildman–Crippen LogP) is 4.86. The number of esters is 2. The molecule has 0 aliphatic rings. The van der Waals surface area contributed by atoms with Gasteiger partial charge in [0, 0.05) is 39.9 Å². The van der Waals surface area contributed by atoms with E-state index in [9.17, 15) is 45.5 Å². The molecule has 2 amide bonds. The van der Waals surface area contributed by atoms with Crippen LogP contribution in [0.4, 0.5) is 35.9 Å². The Bertz CT molecular complexity index is 1610. The fraction of sp³-hybridized carbons (Fsp3) is 0.628. The molecule has 2 N–H and O–H groups in total. The van der Waals surface area contributed by atoms with Gasteiger partial charge in [0.2, 0.25) is 23.1 Å². The van der Waals surface area contributed by atoms with Crippen molar-refractivity contribution in [1.82, 2.24) is 10.6 Å². The van der Waals surface area contributed by atoms with Crippen molar-refractivity contribution in [2.24, 2.45) is 0 Å². The van der Waals surface area contributed by atoms with Crippen LogP contribution in [0, 0.1) is 48.8 Å². The summed E-state index contributed by atoms with van der Waals surface area (Å²) in [5.41, 5.74) is -0.523. The normalized spacial score (nSPS) is 11.7. The zero-order valence-electron chi connectivity index (χ0n) is 38.7. The Kier molecular flexibility index (Phi) is 36.7. The Morgan fingerprint density at radius 2 is 0.841 bits per heavy atom. The molecule has 2 aromatic carbocycles. The number of nitrogens with one attached hydrogen (secondary N) is 2. The number of ether oxygens (including phenoxy) is 13. The van der Waals surface area contributed by atoms with E-state index in [0.717, 1.165) is 0 Å². The maximum absolute atomic E-state index is 14.2. The van der Waals surface area contributed by atoms with E-state index in [1.165, 1.54) is 54.0 Å². The third kappa shape index (κ3) is 27.5. The molecular formula is C43H64F6N2O17S. The smallest absolute Gasteiger partial charge is 0.408 e. The van der Waals surface area contributed by atoms with E-state index in [4.69, 9.17) is 61.6 Å². The Morgan fingerprint density at radius 3 is 1.26 bits per heavy atom. The van der Waals surface area contributed by atoms with Gasteiger partial charge in [-0.15, -0.1) is 0 Å². The SMILES string of the molecule is C.COCCOCCOC(=O)N[C@@H](CSCCOCCOC)C(=O)Oc1c(F)c(C)cc(F)c1F.COCCOCCOC[C@H](NC(=O)OCCOCCOC)C(=O)Oc1c(F)c(C)cc(F)c1F. The quantitative estimate of drug-likeness (QED) is 0.0315. The van der Waals surface area contributed by atoms with Gasteiger partial charge in [-0.25, -0.2) is 36.7 Å². The molecule has 0 bridgehead atoms. The first-order chi connectivity index (χ1) is 32.6. The Balaban J connectivity index is 0.00000132. The molecule has 0 saturated carbocycles. The minimum Gasteiger partial charge on any atom is -0.447 e. The molecule has 26 heteroatoms. The second-order valence-corrected chi connectivity index (χ2v) is 14.5. The minimum atomic E-state index is -1.68. The van der Waals surface area contributed by atoms with Crippen molar-refractivity contribution in [2.45, 2.75) is 33.4 Å². The van der Waals surface area contributed by atoms with Gasteiger partial charge >= 0.3 is 24.1 Å². The summed E-state index contributed by atoms with van der Waals surface area (Å²) in [5.74, 6) is -13.0. The van der Waals surface area contributed by atoms with Crippen LogP contribution in [-0.2, 0) is 61.7 Å². The number of hydrogen-bond donors (Lipinski definition) is 2. The van der Waals surface area contributed by atoms with Crippen molar-refractivity contribution in [3.63, 3.8) is 0 Å². The lowest BCUT2D eigenvalue weighted by Gasteiger charge is -2.18. The largest absolute Gasteiger partial charge is 0.447 e. The number of rotatable bonds is 34. The second kappa shape index (κ2) is 39.2. The van der Waals surface area contributed by atoms with Crippen molar-refractivity contribution in [2.75, 3.05) is 146 Å². The lowest BCUT2D eigenvalue weighted by Crippen LogP contribution is -2.46. The highest BCUT2D eigenvalue weighted by Gasteiger charge is 2.30. The van der Waals surface area contributed by atoms with Crippen LogP contribution < -0.4 is 20.1 Å². The van der Waals surface area contributed by atoms with E-state index in [1.54, 1.807) is 0 Å². The van der Waals surface area contributed by atoms with Gasteiger partial charge in [-0.1, -0.05) is 7.43 Å². The summed E-state index contributed by atoms with van der Waals surface area (Å²) in [4.78, 5) is 49.2. The lowest BCUT2D eigenvalue weighted by molar-refractivity contribution is -0.139. The lowest BCUT2D eigenvalue weighted by atomic mass is 10.2. The molecule has 0 unspecified atom stereocenters. The van der Waals surface area contributed by atoms with Gasteiger partial charge in [0.05, 0.1) is 92.5 Å². The molecule has 2 aromatic rings. The highest BCUT2D eigenvalue weighted by atomic mass is 32.2. The monoisotopic (exact) mass is 1030 g/mol. The van der Waals surface area contributed by atoms with Gasteiger partial charge in [0.15, 0.2) is 29.3 Å². The van der Waals surface area contributed by atoms with Crippen LogP contribution in [0.1, 0.15) is 18.6 Å². The molecule has 0 fully saturated rings. The third-order valence-corrected chi connectivity index (χ3v) is 9.14. The third-order valence-electron chi connectivity index (χ3n) is 8.12. The number of carbonyl (C=O) groups is 4. The summed E-state index contributed by atoms with van der Waals surface area (Å²) in [6, 6.07) is -1.60. The number of aryl methyl sites for hydroxylation is 2. The number of alkyl carbamates (subject to hydrolysis) is 2. The second-order valence-electron chi connectivity index (χ2n) is 13.3. The first-order valence-corrected chi connectivity index (χ1v) is 21.8. The maximum Gasteiger partial charge on any atom is 0.408 e. The number of halogens is 6. The van der Waals surface area contributed by atoms with Gasteiger partial charge in [0.1, 0.15) is 19.3 Å². The molecule has 0 aromatic heterocycles. The van der Waals surface area contributed by atoms with Crippen LogP contribution in [0.3, 0.4) is 0 Å². The fourth-order valence-electron chi connectivity index (χ4n) is 4.63. The zero-order valence-corrected chi connectivity index (χ0v) is 39.5. The molecule has 0 heterocycles. The van der Waals surface area contributed by atoms with E-state index in [2.05, 4.69) is 10.6 Å². The van der Waals surface area contributed by atoms with Gasteiger partial charge in [0.25, 0.3) is 0 Å². The molecule has 0 radical (unpaired) electrons. The average Bonchev–Trinajstić information content (AvgIpc) is 3.31. The van der Waals surface area contributed by atoms with Gasteiger partial charge in [-0.05, 0) is 37.1 Å². The highest BCUT2D eigenvalue weighted by molar-refractivity contribution is 7.99. The number of carbonyl (C=O) groups excluding carboxylic acids is 4. The summed E-state index contributed by atoms with van der Waals surface area (Å²) in [7, 11) is 6.07. The molecule has 19 nitrogen and oxygen atoms in total. The van der Waals surface area contributed by atoms with Gasteiger partial charge in [-0.2, -0.15) is 20.5 Å². The summed E-state index contributed by atoms with van der Waals surface area (Å²) in [6.07, 6.45) is -2.00. The number of methoxy groups -OCH3 is 4. The van der Waals surface area contributed by atoms with Crippen LogP contribution in [0.25, 0.3) is 0 Å². The molecule has 2 atom stereocenters. The van der Waals surface area contributed by atoms with E-state index >= 15 is 0 Å². The van der Waals surface area contributed by atoms with Crippen molar-refractivity contribution in [3.8, 4) is 11.5 Å². The summed E-state index contributed by atoms with van der Waals surface area (Å²) in [5, 5.41) is 4.46. The molecule has 0 spiro atoms. The topological polar surface area (TPSA) is 212 Å². The summed E-state index contributed by atoms with van der Waals surface area (Å²) >= 11 is 1.22. The van der Waals surface area contributed by atoms with Crippen molar-refractivity contribution in [1.29, 1.82) is 0 Å². The standard InChI is InChI=1S/C21H30F3NO9.C21H30F3NO8S.CH4/c1-14-12-15(22)18(24)19(17(14)23)34-20(26)16(13-32-9-8-30-6-4-28-2)25-21(27)33-11-10-31-7-5-29-3;1-14-12-15(22)18(24)19(17(14)23)33-20(26)16(13-34-11-10-31-7-5-29-3)25-21(27)32-9-8-30-6-4-28-2;/h2*12,16H,4-11,13H2,1-3H3,(H,25,27);1H4/t2*16-;/m00./s1. The number of hydrogen-bond acceptors (Lipinski definition) is 18. The predicted molar refractivity (Wildman–Crippen MR) is 236 cm³/mol. The average molecular weight is 1030 g/mol. The Hall–Kier alpha value is -4.51. The van der Waals surface area contributed by atoms with Gasteiger partial charge in [-0.3, -0.25) is 0 Å². The molecule has 2 rings (SSSR count). The van der Waals surface area contributed by atoms with E-state index in [-0.39, 0.29) is 63.9 Å². The molecular weight excluding hydrogens is 963 g/mol. The van der Waals surface area contributed by atoms with Crippen molar-refractivity contribution < 1.29 is 107 Å². The zero-order chi connectivity index (χ0) is 50.7. The molecule has 396 valence electrons. The molecule has 0 aliphatic heterocycles. The Morgan fingerprint density at radius 1 is 0.493 bits per heavy atom. The van der Waals surface area contributed by atoms with E-state index in [0.29, 0.717) is 77.3 Å². The van der Waals surface area contributed by atoms with Crippen LogP contribution in [0.5, 0.6) is 11.5 Å². The minimum absolute atomic E-state index is 0. The Labute approximate surface area is 401 Å². The number of benzene rings is 2. The number of thioether (sulfide) groups is 1. The summed E-state index contributed by atoms with van der Waals surface area (Å²) in [6.45, 7) is 5.20.